The highest BCUT2D eigenvalue weighted by atomic mass is 32.2. The van der Waals surface area contributed by atoms with E-state index in [1.807, 2.05) is 4.72 Å². The summed E-state index contributed by atoms with van der Waals surface area (Å²) in [6, 6.07) is 1.97. The predicted molar refractivity (Wildman–Crippen MR) is 78.7 cm³/mol. The first kappa shape index (κ1) is 15.6. The van der Waals surface area contributed by atoms with Gasteiger partial charge in [-0.15, -0.1) is 0 Å². The first-order chi connectivity index (χ1) is 10.9. The molecule has 122 valence electrons. The van der Waals surface area contributed by atoms with E-state index >= 15 is 0 Å². The number of aryl methyl sites for hydroxylation is 1. The predicted octanol–water partition coefficient (Wildman–Crippen LogP) is 0.952. The van der Waals surface area contributed by atoms with Crippen LogP contribution in [-0.2, 0) is 29.9 Å². The minimum Gasteiger partial charge on any atom is -0.272 e. The second-order valence-corrected chi connectivity index (χ2v) is 6.98. The number of amides is 1. The summed E-state index contributed by atoms with van der Waals surface area (Å²) in [6.45, 7) is 0. The number of carbonyl (C=O) groups excluding carboxylic acids is 1. The van der Waals surface area contributed by atoms with Crippen LogP contribution in [0, 0.1) is 5.82 Å². The van der Waals surface area contributed by atoms with E-state index in [9.17, 15) is 17.6 Å². The Labute approximate surface area is 132 Å². The maximum absolute atomic E-state index is 12.8. The molecule has 2 aromatic rings. The Bertz CT molecular complexity index is 859. The van der Waals surface area contributed by atoms with E-state index in [0.29, 0.717) is 6.42 Å². The van der Waals surface area contributed by atoms with Crippen LogP contribution in [0.1, 0.15) is 34.6 Å². The minimum atomic E-state index is -4.17. The number of fused-ring (bicyclic) bond motifs is 1. The number of hydrogen-bond acceptors (Lipinski definition) is 5. The van der Waals surface area contributed by atoms with Gasteiger partial charge >= 0.3 is 0 Å². The van der Waals surface area contributed by atoms with Gasteiger partial charge in [-0.25, -0.2) is 14.1 Å². The zero-order valence-electron chi connectivity index (χ0n) is 12.4. The van der Waals surface area contributed by atoms with E-state index in [1.54, 1.807) is 11.7 Å². The van der Waals surface area contributed by atoms with Crippen molar-refractivity contribution < 1.29 is 17.6 Å². The average Bonchev–Trinajstić information content (AvgIpc) is 2.85. The van der Waals surface area contributed by atoms with Crippen LogP contribution in [0.15, 0.2) is 23.4 Å². The van der Waals surface area contributed by atoms with Crippen LogP contribution in [-0.4, -0.2) is 29.1 Å². The number of nitrogens with one attached hydrogen (secondary N) is 1. The van der Waals surface area contributed by atoms with Crippen molar-refractivity contribution in [1.82, 2.24) is 19.5 Å². The monoisotopic (exact) mass is 338 g/mol. The van der Waals surface area contributed by atoms with Crippen molar-refractivity contribution in [2.75, 3.05) is 0 Å². The van der Waals surface area contributed by atoms with E-state index < -0.39 is 26.8 Å². The molecule has 1 aliphatic rings. The molecule has 0 saturated heterocycles. The van der Waals surface area contributed by atoms with Crippen molar-refractivity contribution in [2.24, 2.45) is 7.05 Å². The molecule has 0 unspecified atom stereocenters. The number of aromatic nitrogens is 3. The molecule has 0 saturated carbocycles. The summed E-state index contributed by atoms with van der Waals surface area (Å²) in [7, 11) is -2.44. The highest BCUT2D eigenvalue weighted by Gasteiger charge is 2.27. The molecule has 1 aliphatic carbocycles. The van der Waals surface area contributed by atoms with Gasteiger partial charge in [0.2, 0.25) is 0 Å². The fourth-order valence-electron chi connectivity index (χ4n) is 2.70. The molecule has 0 aromatic carbocycles. The fourth-order valence-corrected chi connectivity index (χ4v) is 3.58. The van der Waals surface area contributed by atoms with Gasteiger partial charge in [-0.1, -0.05) is 0 Å². The molecule has 0 fully saturated rings. The van der Waals surface area contributed by atoms with Crippen LogP contribution in [0.5, 0.6) is 0 Å². The molecule has 0 atom stereocenters. The Morgan fingerprint density at radius 3 is 2.74 bits per heavy atom. The number of halogens is 1. The van der Waals surface area contributed by atoms with Gasteiger partial charge in [0, 0.05) is 18.3 Å². The van der Waals surface area contributed by atoms with Crippen molar-refractivity contribution in [2.45, 2.75) is 30.7 Å². The summed E-state index contributed by atoms with van der Waals surface area (Å²) in [5, 5.41) is 3.72. The lowest BCUT2D eigenvalue weighted by atomic mass is 9.95. The summed E-state index contributed by atoms with van der Waals surface area (Å²) in [6.07, 6.45) is 4.25. The quantitative estimate of drug-likeness (QED) is 0.899. The van der Waals surface area contributed by atoms with Gasteiger partial charge in [0.1, 0.15) is 5.82 Å². The van der Waals surface area contributed by atoms with Crippen molar-refractivity contribution in [1.29, 1.82) is 0 Å². The molecule has 0 radical (unpaired) electrons. The van der Waals surface area contributed by atoms with Gasteiger partial charge < -0.3 is 0 Å². The molecule has 0 aliphatic heterocycles. The summed E-state index contributed by atoms with van der Waals surface area (Å²) in [5.41, 5.74) is 1.87. The number of nitrogens with zero attached hydrogens (tertiary/aromatic N) is 3. The van der Waals surface area contributed by atoms with E-state index in [-0.39, 0.29) is 5.69 Å². The average molecular weight is 338 g/mol. The largest absolute Gasteiger partial charge is 0.285 e. The second-order valence-electron chi connectivity index (χ2n) is 5.35. The summed E-state index contributed by atoms with van der Waals surface area (Å²) >= 11 is 0. The molecule has 2 aromatic heterocycles. The molecule has 3 rings (SSSR count). The molecule has 2 heterocycles. The van der Waals surface area contributed by atoms with Crippen molar-refractivity contribution in [3.8, 4) is 0 Å². The third-order valence-corrected chi connectivity index (χ3v) is 5.03. The first-order valence-corrected chi connectivity index (χ1v) is 8.60. The summed E-state index contributed by atoms with van der Waals surface area (Å²) in [5.74, 6) is -1.45. The Balaban J connectivity index is 1.88. The summed E-state index contributed by atoms with van der Waals surface area (Å²) in [4.78, 5) is 15.8. The second kappa shape index (κ2) is 5.73. The van der Waals surface area contributed by atoms with Gasteiger partial charge in [-0.2, -0.15) is 13.5 Å². The zero-order valence-corrected chi connectivity index (χ0v) is 13.2. The molecule has 0 spiro atoms. The van der Waals surface area contributed by atoms with Gasteiger partial charge in [-0.3, -0.25) is 9.48 Å². The van der Waals surface area contributed by atoms with Crippen LogP contribution in [0.25, 0.3) is 0 Å². The molecule has 7 nitrogen and oxygen atoms in total. The van der Waals surface area contributed by atoms with E-state index in [2.05, 4.69) is 10.1 Å². The number of carbonyl (C=O) groups is 1. The molecular formula is C14H15FN4O3S. The number of pyridine rings is 1. The Morgan fingerprint density at radius 1 is 1.30 bits per heavy atom. The maximum atomic E-state index is 12.8. The van der Waals surface area contributed by atoms with Crippen LogP contribution in [0.4, 0.5) is 4.39 Å². The molecule has 1 amide bonds. The number of sulfonamides is 1. The third-order valence-electron chi connectivity index (χ3n) is 3.78. The lowest BCUT2D eigenvalue weighted by Gasteiger charge is -2.12. The molecular weight excluding hydrogens is 323 g/mol. The third kappa shape index (κ3) is 2.96. The van der Waals surface area contributed by atoms with Crippen LogP contribution in [0.2, 0.25) is 0 Å². The fraction of sp³-hybridized carbons (Fsp3) is 0.357. The Morgan fingerprint density at radius 2 is 2.04 bits per heavy atom. The van der Waals surface area contributed by atoms with Crippen LogP contribution in [0.3, 0.4) is 0 Å². The van der Waals surface area contributed by atoms with Gasteiger partial charge in [-0.05, 0) is 37.8 Å². The topological polar surface area (TPSA) is 94.0 Å². The SMILES string of the molecule is Cn1nc(C(=O)NS(=O)(=O)c2ccc(F)cn2)c2c1CCCC2. The standard InChI is InChI=1S/C14H15FN4O3S/c1-19-11-5-3-2-4-10(11)13(17-19)14(20)18-23(21,22)12-7-6-9(15)8-16-12/h6-8H,2-5H2,1H3,(H,18,20). The Hall–Kier alpha value is -2.29. The Kier molecular flexibility index (Phi) is 3.88. The van der Waals surface area contributed by atoms with E-state index in [4.69, 9.17) is 0 Å². The van der Waals surface area contributed by atoms with Gasteiger partial charge in [0.15, 0.2) is 10.7 Å². The van der Waals surface area contributed by atoms with Crippen LogP contribution < -0.4 is 4.72 Å². The minimum absolute atomic E-state index is 0.118. The molecule has 23 heavy (non-hydrogen) atoms. The highest BCUT2D eigenvalue weighted by Crippen LogP contribution is 2.24. The lowest BCUT2D eigenvalue weighted by molar-refractivity contribution is 0.0975. The van der Waals surface area contributed by atoms with Gasteiger partial charge in [0.25, 0.3) is 15.9 Å². The number of rotatable bonds is 3. The van der Waals surface area contributed by atoms with Gasteiger partial charge in [0.05, 0.1) is 6.20 Å². The lowest BCUT2D eigenvalue weighted by Crippen LogP contribution is -2.32. The summed E-state index contributed by atoms with van der Waals surface area (Å²) < 4.78 is 40.7. The normalized spacial score (nSPS) is 14.3. The van der Waals surface area contributed by atoms with Crippen molar-refractivity contribution in [3.05, 3.63) is 41.1 Å². The van der Waals surface area contributed by atoms with Crippen molar-refractivity contribution in [3.63, 3.8) is 0 Å². The van der Waals surface area contributed by atoms with E-state index in [0.717, 1.165) is 48.8 Å². The molecule has 0 bridgehead atoms. The smallest absolute Gasteiger partial charge is 0.272 e. The van der Waals surface area contributed by atoms with E-state index in [1.165, 1.54) is 0 Å². The van der Waals surface area contributed by atoms with Crippen molar-refractivity contribution >= 4 is 15.9 Å². The molecule has 1 N–H and O–H groups in total. The maximum Gasteiger partial charge on any atom is 0.285 e. The molecule has 9 heteroatoms. The van der Waals surface area contributed by atoms with Crippen LogP contribution >= 0.6 is 0 Å². The first-order valence-electron chi connectivity index (χ1n) is 7.12. The number of hydrogen-bond donors (Lipinski definition) is 1. The zero-order chi connectivity index (χ0) is 16.6. The highest BCUT2D eigenvalue weighted by molar-refractivity contribution is 7.90.